The van der Waals surface area contributed by atoms with Crippen molar-refractivity contribution in [3.05, 3.63) is 52.3 Å². The molecule has 0 bridgehead atoms. The van der Waals surface area contributed by atoms with Gasteiger partial charge in [0.25, 0.3) is 5.91 Å². The quantitative estimate of drug-likeness (QED) is 0.639. The second-order valence-corrected chi connectivity index (χ2v) is 5.14. The monoisotopic (exact) mass is 344 g/mol. The number of benzene rings is 1. The maximum Gasteiger partial charge on any atom is 0.337 e. The fourth-order valence-electron chi connectivity index (χ4n) is 1.97. The van der Waals surface area contributed by atoms with Crippen molar-refractivity contribution in [3.8, 4) is 17.4 Å². The van der Waals surface area contributed by atoms with Gasteiger partial charge in [-0.15, -0.1) is 0 Å². The highest BCUT2D eigenvalue weighted by atomic mass is 35.5. The minimum Gasteiger partial charge on any atom is -0.478 e. The first-order chi connectivity index (χ1) is 11.5. The zero-order valence-corrected chi connectivity index (χ0v) is 13.4. The summed E-state index contributed by atoms with van der Waals surface area (Å²) in [6.45, 7) is 2.16. The molecule has 0 aliphatic heterocycles. The van der Waals surface area contributed by atoms with Gasteiger partial charge in [0.1, 0.15) is 23.2 Å². The molecule has 0 saturated heterocycles. The maximum atomic E-state index is 11.7. The van der Waals surface area contributed by atoms with Crippen LogP contribution >= 0.6 is 11.6 Å². The molecule has 2 aromatic rings. The number of carboxylic acids is 1. The summed E-state index contributed by atoms with van der Waals surface area (Å²) in [7, 11) is 0. The third kappa shape index (κ3) is 3.83. The summed E-state index contributed by atoms with van der Waals surface area (Å²) < 4.78 is 5.57. The number of amides is 1. The fraction of sp³-hybridized carbons (Fsp3) is 0.118. The molecule has 24 heavy (non-hydrogen) atoms. The molecule has 2 N–H and O–H groups in total. The molecule has 1 amide bonds. The second kappa shape index (κ2) is 7.49. The molecule has 0 aliphatic rings. The van der Waals surface area contributed by atoms with E-state index in [-0.39, 0.29) is 16.2 Å². The molecule has 1 aromatic heterocycles. The highest BCUT2D eigenvalue weighted by Crippen LogP contribution is 2.28. The van der Waals surface area contributed by atoms with Crippen molar-refractivity contribution in [2.75, 3.05) is 6.54 Å². The van der Waals surface area contributed by atoms with Crippen LogP contribution in [0.3, 0.4) is 0 Å². The number of nitriles is 1. The Labute approximate surface area is 143 Å². The zero-order valence-electron chi connectivity index (χ0n) is 12.7. The number of carbonyl (C=O) groups is 2. The Balaban J connectivity index is 2.31. The fourth-order valence-corrected chi connectivity index (χ4v) is 2.24. The van der Waals surface area contributed by atoms with Crippen LogP contribution in [-0.2, 0) is 4.79 Å². The average molecular weight is 345 g/mol. The minimum atomic E-state index is -1.12. The van der Waals surface area contributed by atoms with Crippen molar-refractivity contribution in [2.45, 2.75) is 6.92 Å². The highest BCUT2D eigenvalue weighted by molar-refractivity contribution is 6.33. The number of carboxylic acid groups (broad SMARTS) is 1. The van der Waals surface area contributed by atoms with Gasteiger partial charge in [-0.2, -0.15) is 5.26 Å². The summed E-state index contributed by atoms with van der Waals surface area (Å²) in [5, 5.41) is 20.6. The van der Waals surface area contributed by atoms with Gasteiger partial charge in [-0.05, 0) is 31.2 Å². The molecule has 0 radical (unpaired) electrons. The molecule has 0 atom stereocenters. The van der Waals surface area contributed by atoms with Gasteiger partial charge in [0.05, 0.1) is 10.6 Å². The highest BCUT2D eigenvalue weighted by Gasteiger charge is 2.13. The maximum absolute atomic E-state index is 11.7. The molecule has 0 spiro atoms. The van der Waals surface area contributed by atoms with Crippen LogP contribution in [0.25, 0.3) is 17.4 Å². The SMILES string of the molecule is CCNC(=O)/C(C#N)=C/c1ccc(-c2ccc(C(=O)O)c(Cl)c2)o1. The normalized spacial score (nSPS) is 11.0. The Morgan fingerprint density at radius 3 is 2.71 bits per heavy atom. The molecule has 0 saturated carbocycles. The Morgan fingerprint density at radius 1 is 1.38 bits per heavy atom. The number of hydrogen-bond acceptors (Lipinski definition) is 4. The largest absolute Gasteiger partial charge is 0.478 e. The lowest BCUT2D eigenvalue weighted by atomic mass is 10.1. The van der Waals surface area contributed by atoms with E-state index in [9.17, 15) is 9.59 Å². The lowest BCUT2D eigenvalue weighted by Gasteiger charge is -2.02. The van der Waals surface area contributed by atoms with Gasteiger partial charge >= 0.3 is 5.97 Å². The van der Waals surface area contributed by atoms with Crippen LogP contribution in [0.2, 0.25) is 5.02 Å². The van der Waals surface area contributed by atoms with Crippen LogP contribution in [-0.4, -0.2) is 23.5 Å². The number of halogens is 1. The molecule has 0 fully saturated rings. The van der Waals surface area contributed by atoms with Crippen LogP contribution < -0.4 is 5.32 Å². The summed E-state index contributed by atoms with van der Waals surface area (Å²) >= 11 is 5.93. The van der Waals surface area contributed by atoms with E-state index in [1.807, 2.05) is 6.07 Å². The first-order valence-electron chi connectivity index (χ1n) is 6.99. The van der Waals surface area contributed by atoms with Gasteiger partial charge in [-0.1, -0.05) is 17.7 Å². The van der Waals surface area contributed by atoms with E-state index < -0.39 is 11.9 Å². The van der Waals surface area contributed by atoms with E-state index in [2.05, 4.69) is 5.32 Å². The number of rotatable bonds is 5. The second-order valence-electron chi connectivity index (χ2n) is 4.73. The van der Waals surface area contributed by atoms with E-state index in [0.717, 1.165) is 0 Å². The van der Waals surface area contributed by atoms with Crippen molar-refractivity contribution in [2.24, 2.45) is 0 Å². The van der Waals surface area contributed by atoms with Crippen molar-refractivity contribution in [1.82, 2.24) is 5.32 Å². The summed E-state index contributed by atoms with van der Waals surface area (Å²) in [5.74, 6) is -0.832. The van der Waals surface area contributed by atoms with E-state index in [1.165, 1.54) is 18.2 Å². The predicted molar refractivity (Wildman–Crippen MR) is 88.4 cm³/mol. The topological polar surface area (TPSA) is 103 Å². The van der Waals surface area contributed by atoms with Gasteiger partial charge in [0.15, 0.2) is 0 Å². The molecular weight excluding hydrogens is 332 g/mol. The molecule has 6 nitrogen and oxygen atoms in total. The predicted octanol–water partition coefficient (Wildman–Crippen LogP) is 3.34. The van der Waals surface area contributed by atoms with Crippen LogP contribution in [0.15, 0.2) is 40.3 Å². The van der Waals surface area contributed by atoms with Crippen molar-refractivity contribution in [3.63, 3.8) is 0 Å². The molecule has 0 unspecified atom stereocenters. The van der Waals surface area contributed by atoms with Crippen molar-refractivity contribution < 1.29 is 19.1 Å². The van der Waals surface area contributed by atoms with Crippen LogP contribution in [0.5, 0.6) is 0 Å². The first kappa shape index (κ1) is 17.3. The van der Waals surface area contributed by atoms with Crippen molar-refractivity contribution >= 4 is 29.6 Å². The Morgan fingerprint density at radius 2 is 2.12 bits per heavy atom. The van der Waals surface area contributed by atoms with Gasteiger partial charge in [-0.3, -0.25) is 4.79 Å². The Hall–Kier alpha value is -3.04. The van der Waals surface area contributed by atoms with Crippen LogP contribution in [0.1, 0.15) is 23.0 Å². The molecule has 7 heteroatoms. The molecule has 2 rings (SSSR count). The van der Waals surface area contributed by atoms with E-state index in [0.29, 0.717) is 23.6 Å². The smallest absolute Gasteiger partial charge is 0.337 e. The number of nitrogens with zero attached hydrogens (tertiary/aromatic N) is 1. The molecule has 122 valence electrons. The van der Waals surface area contributed by atoms with Gasteiger partial charge in [0, 0.05) is 18.2 Å². The lowest BCUT2D eigenvalue weighted by molar-refractivity contribution is -0.116. The minimum absolute atomic E-state index is 0.00454. The summed E-state index contributed by atoms with van der Waals surface area (Å²) in [6.07, 6.45) is 1.34. The van der Waals surface area contributed by atoms with Crippen LogP contribution in [0.4, 0.5) is 0 Å². The average Bonchev–Trinajstić information content (AvgIpc) is 3.01. The van der Waals surface area contributed by atoms with E-state index in [4.69, 9.17) is 26.4 Å². The number of aromatic carboxylic acids is 1. The Kier molecular flexibility index (Phi) is 5.40. The summed E-state index contributed by atoms with van der Waals surface area (Å²) in [4.78, 5) is 22.6. The first-order valence-corrected chi connectivity index (χ1v) is 7.37. The number of furan rings is 1. The Bertz CT molecular complexity index is 862. The molecule has 0 aliphatic carbocycles. The van der Waals surface area contributed by atoms with E-state index in [1.54, 1.807) is 25.1 Å². The number of nitrogens with one attached hydrogen (secondary N) is 1. The third-order valence-electron chi connectivity index (χ3n) is 3.10. The number of hydrogen-bond donors (Lipinski definition) is 2. The van der Waals surface area contributed by atoms with Gasteiger partial charge in [-0.25, -0.2) is 4.79 Å². The van der Waals surface area contributed by atoms with Crippen molar-refractivity contribution in [1.29, 1.82) is 5.26 Å². The van der Waals surface area contributed by atoms with E-state index >= 15 is 0 Å². The van der Waals surface area contributed by atoms with Crippen LogP contribution in [0, 0.1) is 11.3 Å². The number of carbonyl (C=O) groups excluding carboxylic acids is 1. The molecule has 1 heterocycles. The zero-order chi connectivity index (χ0) is 17.7. The standard InChI is InChI=1S/C17H13ClN2O4/c1-2-20-16(21)11(9-19)7-12-4-6-15(24-12)10-3-5-13(17(22)23)14(18)8-10/h3-8H,2H2,1H3,(H,20,21)(H,22,23)/b11-7+. The third-order valence-corrected chi connectivity index (χ3v) is 3.41. The number of likely N-dealkylation sites (N-methyl/N-ethyl adjacent to an activating group) is 1. The van der Waals surface area contributed by atoms with Gasteiger partial charge < -0.3 is 14.8 Å². The lowest BCUT2D eigenvalue weighted by Crippen LogP contribution is -2.23. The van der Waals surface area contributed by atoms with Gasteiger partial charge in [0.2, 0.25) is 0 Å². The molecule has 1 aromatic carbocycles. The molecular formula is C17H13ClN2O4. The summed E-state index contributed by atoms with van der Waals surface area (Å²) in [5.41, 5.74) is 0.508. The summed E-state index contributed by atoms with van der Waals surface area (Å²) in [6, 6.07) is 9.49.